The molecule has 0 aromatic rings. The number of nitrogens with one attached hydrogen (secondary N) is 1. The van der Waals surface area contributed by atoms with Gasteiger partial charge >= 0.3 is 0 Å². The van der Waals surface area contributed by atoms with E-state index >= 15 is 0 Å². The third-order valence-corrected chi connectivity index (χ3v) is 1.94. The Bertz CT molecular complexity index is 68.7. The van der Waals surface area contributed by atoms with Crippen LogP contribution in [0, 0.1) is 0 Å². The maximum Gasteiger partial charge on any atom is 0.144 e. The van der Waals surface area contributed by atoms with Gasteiger partial charge in [0.2, 0.25) is 0 Å². The molecule has 0 heterocycles. The maximum atomic E-state index is 5.22. The molecular formula is C6H12B2N. The van der Waals surface area contributed by atoms with E-state index in [4.69, 9.17) is 7.74 Å². The van der Waals surface area contributed by atoms with Crippen LogP contribution in [0.25, 0.3) is 0 Å². The molecule has 47 valence electrons. The second-order valence-corrected chi connectivity index (χ2v) is 2.67. The van der Waals surface area contributed by atoms with Gasteiger partial charge in [-0.3, -0.25) is 0 Å². The molecule has 1 rings (SSSR count). The summed E-state index contributed by atoms with van der Waals surface area (Å²) in [6.07, 6.45) is 6.74. The molecule has 1 fully saturated rings. The van der Waals surface area contributed by atoms with Gasteiger partial charge in [0, 0.05) is 7.74 Å². The van der Waals surface area contributed by atoms with Crippen LogP contribution in [0.15, 0.2) is 0 Å². The summed E-state index contributed by atoms with van der Waals surface area (Å²) in [5.74, 6) is 0. The number of rotatable bonds is 2. The van der Waals surface area contributed by atoms with Gasteiger partial charge in [-0.05, 0) is 18.9 Å². The Morgan fingerprint density at radius 1 is 1.22 bits per heavy atom. The van der Waals surface area contributed by atoms with E-state index in [-0.39, 0.29) is 0 Å². The van der Waals surface area contributed by atoms with Crippen molar-refractivity contribution in [3.63, 3.8) is 0 Å². The van der Waals surface area contributed by atoms with E-state index in [1.165, 1.54) is 32.1 Å². The molecule has 0 bridgehead atoms. The standard InChI is InChI=1S/C6H12B2N/c7-8-9-6-4-2-1-3-5-6/h6,9H,1-5H2. The summed E-state index contributed by atoms with van der Waals surface area (Å²) in [5.41, 5.74) is 0. The lowest BCUT2D eigenvalue weighted by Crippen LogP contribution is -2.34. The molecule has 1 saturated carbocycles. The fraction of sp³-hybridized carbons (Fsp3) is 1.00. The maximum absolute atomic E-state index is 5.22. The van der Waals surface area contributed by atoms with Crippen molar-refractivity contribution in [3.05, 3.63) is 0 Å². The van der Waals surface area contributed by atoms with Crippen molar-refractivity contribution in [1.29, 1.82) is 0 Å². The number of hydrogen-bond donors (Lipinski definition) is 1. The average Bonchev–Trinajstić information content (AvgIpc) is 1.91. The highest BCUT2D eigenvalue weighted by molar-refractivity contribution is 6.87. The second-order valence-electron chi connectivity index (χ2n) is 2.67. The predicted octanol–water partition coefficient (Wildman–Crippen LogP) is 0.611. The van der Waals surface area contributed by atoms with E-state index < -0.39 is 0 Å². The van der Waals surface area contributed by atoms with Crippen LogP contribution < -0.4 is 5.23 Å². The zero-order valence-electron chi connectivity index (χ0n) is 5.77. The van der Waals surface area contributed by atoms with Gasteiger partial charge in [0.25, 0.3) is 0 Å². The van der Waals surface area contributed by atoms with Gasteiger partial charge in [-0.1, -0.05) is 19.3 Å². The molecule has 9 heavy (non-hydrogen) atoms. The Kier molecular flexibility index (Phi) is 3.20. The zero-order chi connectivity index (χ0) is 6.53. The predicted molar refractivity (Wildman–Crippen MR) is 41.5 cm³/mol. The minimum absolute atomic E-state index is 0.670. The normalized spacial score (nSPS) is 21.8. The van der Waals surface area contributed by atoms with E-state index in [9.17, 15) is 0 Å². The van der Waals surface area contributed by atoms with Crippen LogP contribution in [0.5, 0.6) is 0 Å². The highest BCUT2D eigenvalue weighted by atomic mass is 14.8. The molecule has 1 nitrogen and oxygen atoms in total. The van der Waals surface area contributed by atoms with Crippen LogP contribution in [0.3, 0.4) is 0 Å². The Morgan fingerprint density at radius 3 is 2.44 bits per heavy atom. The summed E-state index contributed by atoms with van der Waals surface area (Å²) < 4.78 is 0. The lowest BCUT2D eigenvalue weighted by Gasteiger charge is -2.22. The molecule has 0 unspecified atom stereocenters. The SMILES string of the molecule is [B][B]NC1CCCCC1. The Balaban J connectivity index is 2.08. The van der Waals surface area contributed by atoms with E-state index in [0.717, 1.165) is 0 Å². The first-order chi connectivity index (χ1) is 4.43. The summed E-state index contributed by atoms with van der Waals surface area (Å²) in [6, 6.07) is 0.670. The minimum atomic E-state index is 0.670. The van der Waals surface area contributed by atoms with Gasteiger partial charge in [-0.15, -0.1) is 0 Å². The molecular weight excluding hydrogens is 108 g/mol. The monoisotopic (exact) mass is 120 g/mol. The van der Waals surface area contributed by atoms with Crippen molar-refractivity contribution in [2.75, 3.05) is 0 Å². The van der Waals surface area contributed by atoms with Gasteiger partial charge < -0.3 is 5.23 Å². The highest BCUT2D eigenvalue weighted by Crippen LogP contribution is 2.16. The minimum Gasteiger partial charge on any atom is -0.367 e. The molecule has 1 N–H and O–H groups in total. The smallest absolute Gasteiger partial charge is 0.144 e. The van der Waals surface area contributed by atoms with E-state index in [2.05, 4.69) is 5.23 Å². The van der Waals surface area contributed by atoms with E-state index in [0.29, 0.717) is 6.04 Å². The van der Waals surface area contributed by atoms with Crippen molar-refractivity contribution in [1.82, 2.24) is 5.23 Å². The molecule has 0 aromatic heterocycles. The summed E-state index contributed by atoms with van der Waals surface area (Å²) in [7, 11) is 6.79. The first kappa shape index (κ1) is 7.20. The molecule has 0 atom stereocenters. The molecule has 1 aliphatic rings. The largest absolute Gasteiger partial charge is 0.367 e. The summed E-state index contributed by atoms with van der Waals surface area (Å²) in [5, 5.41) is 3.14. The topological polar surface area (TPSA) is 12.0 Å². The van der Waals surface area contributed by atoms with Gasteiger partial charge in [-0.25, -0.2) is 0 Å². The van der Waals surface area contributed by atoms with Crippen LogP contribution in [-0.4, -0.2) is 21.1 Å². The van der Waals surface area contributed by atoms with E-state index in [1.54, 1.807) is 7.31 Å². The Hall–Kier alpha value is 0.0899. The van der Waals surface area contributed by atoms with Crippen LogP contribution in [0.2, 0.25) is 0 Å². The Morgan fingerprint density at radius 2 is 1.89 bits per heavy atom. The van der Waals surface area contributed by atoms with Crippen molar-refractivity contribution in [2.24, 2.45) is 0 Å². The van der Waals surface area contributed by atoms with Crippen LogP contribution in [0.1, 0.15) is 32.1 Å². The van der Waals surface area contributed by atoms with Crippen LogP contribution in [-0.2, 0) is 0 Å². The first-order valence-electron chi connectivity index (χ1n) is 3.73. The fourth-order valence-corrected chi connectivity index (χ4v) is 1.41. The van der Waals surface area contributed by atoms with Crippen LogP contribution in [0.4, 0.5) is 0 Å². The number of hydrogen-bond acceptors (Lipinski definition) is 1. The van der Waals surface area contributed by atoms with Gasteiger partial charge in [0.1, 0.15) is 7.31 Å². The highest BCUT2D eigenvalue weighted by Gasteiger charge is 2.10. The molecule has 0 spiro atoms. The van der Waals surface area contributed by atoms with Crippen molar-refractivity contribution >= 4 is 15.0 Å². The van der Waals surface area contributed by atoms with Gasteiger partial charge in [0.05, 0.1) is 0 Å². The molecule has 3 radical (unpaired) electrons. The summed E-state index contributed by atoms with van der Waals surface area (Å²) in [4.78, 5) is 0. The quantitative estimate of drug-likeness (QED) is 0.526. The molecule has 0 saturated heterocycles. The first-order valence-corrected chi connectivity index (χ1v) is 3.73. The second kappa shape index (κ2) is 3.99. The van der Waals surface area contributed by atoms with Crippen LogP contribution >= 0.6 is 0 Å². The molecule has 0 aliphatic heterocycles. The van der Waals surface area contributed by atoms with Crippen molar-refractivity contribution in [3.8, 4) is 0 Å². The third kappa shape index (κ3) is 2.44. The molecule has 0 amide bonds. The molecule has 3 heteroatoms. The van der Waals surface area contributed by atoms with Crippen molar-refractivity contribution < 1.29 is 0 Å². The fourth-order valence-electron chi connectivity index (χ4n) is 1.41. The lowest BCUT2D eigenvalue weighted by atomic mass is 9.66. The zero-order valence-corrected chi connectivity index (χ0v) is 5.77. The Labute approximate surface area is 59.3 Å². The van der Waals surface area contributed by atoms with Gasteiger partial charge in [-0.2, -0.15) is 0 Å². The molecule has 0 aromatic carbocycles. The third-order valence-electron chi connectivity index (χ3n) is 1.94. The van der Waals surface area contributed by atoms with E-state index in [1.807, 2.05) is 0 Å². The summed E-state index contributed by atoms with van der Waals surface area (Å²) >= 11 is 0. The lowest BCUT2D eigenvalue weighted by molar-refractivity contribution is 0.419. The average molecular weight is 120 g/mol. The van der Waals surface area contributed by atoms with Gasteiger partial charge in [0.15, 0.2) is 0 Å². The molecule has 1 aliphatic carbocycles. The summed E-state index contributed by atoms with van der Waals surface area (Å²) in [6.45, 7) is 0. The van der Waals surface area contributed by atoms with Crippen molar-refractivity contribution in [2.45, 2.75) is 38.1 Å².